The van der Waals surface area contributed by atoms with Gasteiger partial charge in [0.2, 0.25) is 0 Å². The van der Waals surface area contributed by atoms with Gasteiger partial charge >= 0.3 is 0 Å². The predicted octanol–water partition coefficient (Wildman–Crippen LogP) is 4.50. The van der Waals surface area contributed by atoms with Crippen LogP contribution in [0.1, 0.15) is 58.3 Å². The van der Waals surface area contributed by atoms with Gasteiger partial charge in [-0.15, -0.1) is 11.3 Å². The molecule has 0 spiro atoms. The van der Waals surface area contributed by atoms with E-state index in [9.17, 15) is 0 Å². The number of aromatic amines is 1. The second-order valence-electron chi connectivity index (χ2n) is 6.21. The average Bonchev–Trinajstić information content (AvgIpc) is 2.90. The molecule has 0 unspecified atom stereocenters. The summed E-state index contributed by atoms with van der Waals surface area (Å²) in [5, 5.41) is 8.49. The first-order chi connectivity index (χ1) is 9.25. The number of aromatic nitrogens is 4. The maximum absolute atomic E-state index is 5.34. The Morgan fingerprint density at radius 3 is 2.50 bits per heavy atom. The van der Waals surface area contributed by atoms with E-state index in [4.69, 9.17) is 17.2 Å². The van der Waals surface area contributed by atoms with E-state index in [0.717, 1.165) is 27.8 Å². The SMILES string of the molecule is CCc1nc(C(C)(C)C)sc1-c1n[nH]c(=S)n1C(C)C. The highest BCUT2D eigenvalue weighted by atomic mass is 32.1. The summed E-state index contributed by atoms with van der Waals surface area (Å²) in [7, 11) is 0. The fraction of sp³-hybridized carbons (Fsp3) is 0.643. The smallest absolute Gasteiger partial charge is 0.195 e. The molecule has 0 aliphatic rings. The zero-order valence-electron chi connectivity index (χ0n) is 12.9. The Morgan fingerprint density at radius 1 is 1.35 bits per heavy atom. The predicted molar refractivity (Wildman–Crippen MR) is 87.0 cm³/mol. The number of H-pyrrole nitrogens is 1. The minimum atomic E-state index is 0.0581. The first-order valence-corrected chi connectivity index (χ1v) is 8.15. The Bertz CT molecular complexity index is 656. The second kappa shape index (κ2) is 5.41. The molecule has 0 atom stereocenters. The quantitative estimate of drug-likeness (QED) is 0.849. The van der Waals surface area contributed by atoms with E-state index in [0.29, 0.717) is 4.77 Å². The van der Waals surface area contributed by atoms with E-state index in [-0.39, 0.29) is 11.5 Å². The van der Waals surface area contributed by atoms with Gasteiger partial charge in [0.15, 0.2) is 10.6 Å². The summed E-state index contributed by atoms with van der Waals surface area (Å²) in [4.78, 5) is 5.94. The summed E-state index contributed by atoms with van der Waals surface area (Å²) < 4.78 is 2.73. The monoisotopic (exact) mass is 310 g/mol. The lowest BCUT2D eigenvalue weighted by Crippen LogP contribution is -2.10. The van der Waals surface area contributed by atoms with Crippen LogP contribution in [0.15, 0.2) is 0 Å². The van der Waals surface area contributed by atoms with E-state index in [1.54, 1.807) is 11.3 Å². The van der Waals surface area contributed by atoms with Gasteiger partial charge in [0.25, 0.3) is 0 Å². The lowest BCUT2D eigenvalue weighted by atomic mass is 9.98. The maximum Gasteiger partial charge on any atom is 0.195 e. The molecule has 2 aromatic heterocycles. The van der Waals surface area contributed by atoms with Gasteiger partial charge in [-0.25, -0.2) is 4.98 Å². The van der Waals surface area contributed by atoms with Crippen molar-refractivity contribution in [3.8, 4) is 10.7 Å². The van der Waals surface area contributed by atoms with Crippen LogP contribution in [-0.2, 0) is 11.8 Å². The van der Waals surface area contributed by atoms with Crippen molar-refractivity contribution in [3.63, 3.8) is 0 Å². The standard InChI is InChI=1S/C14H22N4S2/c1-7-9-10(20-12(15-9)14(4,5)6)11-16-17-13(19)18(11)8(2)3/h8H,7H2,1-6H3,(H,17,19). The number of hydrogen-bond donors (Lipinski definition) is 1. The maximum atomic E-state index is 5.34. The van der Waals surface area contributed by atoms with Gasteiger partial charge in [-0.1, -0.05) is 27.7 Å². The zero-order valence-corrected chi connectivity index (χ0v) is 14.6. The van der Waals surface area contributed by atoms with Crippen molar-refractivity contribution >= 4 is 23.6 Å². The van der Waals surface area contributed by atoms with Gasteiger partial charge in [0.05, 0.1) is 15.6 Å². The highest BCUT2D eigenvalue weighted by Crippen LogP contribution is 2.36. The van der Waals surface area contributed by atoms with Crippen LogP contribution < -0.4 is 0 Å². The van der Waals surface area contributed by atoms with E-state index in [1.165, 1.54) is 0 Å². The van der Waals surface area contributed by atoms with E-state index < -0.39 is 0 Å². The Labute approximate surface area is 129 Å². The summed E-state index contributed by atoms with van der Waals surface area (Å²) in [6.45, 7) is 12.9. The molecule has 2 heterocycles. The summed E-state index contributed by atoms with van der Waals surface area (Å²) in [5.74, 6) is 0.912. The average molecular weight is 310 g/mol. The summed E-state index contributed by atoms with van der Waals surface area (Å²) in [6, 6.07) is 0.279. The van der Waals surface area contributed by atoms with Gasteiger partial charge in [0, 0.05) is 11.5 Å². The number of hydrogen-bond acceptors (Lipinski definition) is 4. The largest absolute Gasteiger partial charge is 0.297 e. The van der Waals surface area contributed by atoms with Gasteiger partial charge in [-0.2, -0.15) is 5.10 Å². The Hall–Kier alpha value is -1.01. The molecule has 0 aliphatic heterocycles. The summed E-state index contributed by atoms with van der Waals surface area (Å²) in [6.07, 6.45) is 0.902. The Morgan fingerprint density at radius 2 is 2.00 bits per heavy atom. The van der Waals surface area contributed by atoms with Gasteiger partial charge in [-0.3, -0.25) is 9.67 Å². The van der Waals surface area contributed by atoms with Crippen molar-refractivity contribution < 1.29 is 0 Å². The molecule has 0 saturated heterocycles. The van der Waals surface area contributed by atoms with Crippen molar-refractivity contribution in [1.82, 2.24) is 19.7 Å². The van der Waals surface area contributed by atoms with Crippen molar-refractivity contribution in [1.29, 1.82) is 0 Å². The molecule has 2 rings (SSSR count). The first kappa shape index (κ1) is 15.4. The molecular weight excluding hydrogens is 288 g/mol. The fourth-order valence-corrected chi connectivity index (χ4v) is 3.57. The number of nitrogens with zero attached hydrogens (tertiary/aromatic N) is 3. The Kier molecular flexibility index (Phi) is 4.16. The van der Waals surface area contributed by atoms with Gasteiger partial charge < -0.3 is 0 Å². The molecule has 0 aromatic carbocycles. The summed E-state index contributed by atoms with van der Waals surface area (Å²) in [5.41, 5.74) is 1.17. The zero-order chi connectivity index (χ0) is 15.1. The van der Waals surface area contributed by atoms with Crippen molar-refractivity contribution in [2.45, 2.75) is 59.4 Å². The third-order valence-corrected chi connectivity index (χ3v) is 4.91. The van der Waals surface area contributed by atoms with Crippen LogP contribution in [0, 0.1) is 4.77 Å². The second-order valence-corrected chi connectivity index (χ2v) is 7.60. The number of thiazole rings is 1. The number of rotatable bonds is 3. The third kappa shape index (κ3) is 2.72. The van der Waals surface area contributed by atoms with E-state index in [1.807, 2.05) is 0 Å². The lowest BCUT2D eigenvalue weighted by Gasteiger charge is -2.13. The molecule has 4 nitrogen and oxygen atoms in total. The van der Waals surface area contributed by atoms with Crippen LogP contribution in [0.25, 0.3) is 10.7 Å². The normalized spacial score (nSPS) is 12.3. The number of aryl methyl sites for hydroxylation is 1. The molecule has 6 heteroatoms. The van der Waals surface area contributed by atoms with Crippen LogP contribution in [0.4, 0.5) is 0 Å². The molecular formula is C14H22N4S2. The minimum absolute atomic E-state index is 0.0581. The number of nitrogens with one attached hydrogen (secondary N) is 1. The van der Waals surface area contributed by atoms with Gasteiger partial charge in [0.1, 0.15) is 0 Å². The van der Waals surface area contributed by atoms with Crippen LogP contribution in [-0.4, -0.2) is 19.7 Å². The molecule has 0 bridgehead atoms. The van der Waals surface area contributed by atoms with Crippen LogP contribution in [0.3, 0.4) is 0 Å². The summed E-state index contributed by atoms with van der Waals surface area (Å²) >= 11 is 7.07. The molecule has 0 radical (unpaired) electrons. The molecule has 2 aromatic rings. The lowest BCUT2D eigenvalue weighted by molar-refractivity contribution is 0.583. The highest BCUT2D eigenvalue weighted by molar-refractivity contribution is 7.71. The first-order valence-electron chi connectivity index (χ1n) is 6.93. The third-order valence-electron chi connectivity index (χ3n) is 3.10. The van der Waals surface area contributed by atoms with Crippen molar-refractivity contribution in [2.24, 2.45) is 0 Å². The van der Waals surface area contributed by atoms with Crippen LogP contribution in [0.2, 0.25) is 0 Å². The topological polar surface area (TPSA) is 46.5 Å². The van der Waals surface area contributed by atoms with Crippen LogP contribution >= 0.6 is 23.6 Å². The molecule has 0 amide bonds. The molecule has 20 heavy (non-hydrogen) atoms. The van der Waals surface area contributed by atoms with E-state index in [2.05, 4.69) is 56.3 Å². The minimum Gasteiger partial charge on any atom is -0.297 e. The molecule has 0 aliphatic carbocycles. The van der Waals surface area contributed by atoms with Crippen molar-refractivity contribution in [2.75, 3.05) is 0 Å². The fourth-order valence-electron chi connectivity index (χ4n) is 2.03. The molecule has 0 saturated carbocycles. The van der Waals surface area contributed by atoms with Gasteiger partial charge in [-0.05, 0) is 32.5 Å². The van der Waals surface area contributed by atoms with Crippen LogP contribution in [0.5, 0.6) is 0 Å². The molecule has 0 fully saturated rings. The highest BCUT2D eigenvalue weighted by Gasteiger charge is 2.24. The molecule has 110 valence electrons. The van der Waals surface area contributed by atoms with E-state index >= 15 is 0 Å². The molecule has 1 N–H and O–H groups in total. The Balaban J connectivity index is 2.64. The van der Waals surface area contributed by atoms with Crippen molar-refractivity contribution in [3.05, 3.63) is 15.5 Å².